The molecule has 0 saturated heterocycles. The number of hydrogen-bond acceptors (Lipinski definition) is 3. The van der Waals surface area contributed by atoms with Gasteiger partial charge in [-0.25, -0.2) is 0 Å². The van der Waals surface area contributed by atoms with Gasteiger partial charge in [-0.3, -0.25) is 10.1 Å². The summed E-state index contributed by atoms with van der Waals surface area (Å²) in [5.41, 5.74) is 1.49. The van der Waals surface area contributed by atoms with E-state index in [0.29, 0.717) is 5.56 Å². The molecule has 1 aromatic heterocycles. The molecule has 1 N–H and O–H groups in total. The van der Waals surface area contributed by atoms with E-state index in [2.05, 4.69) is 10.3 Å². The molecule has 1 heterocycles. The van der Waals surface area contributed by atoms with Crippen LogP contribution < -0.4 is 5.32 Å². The van der Waals surface area contributed by atoms with E-state index >= 15 is 0 Å². The number of nitrogens with zero attached hydrogens (tertiary/aromatic N) is 1. The van der Waals surface area contributed by atoms with E-state index in [1.165, 1.54) is 0 Å². The minimum atomic E-state index is -0.206. The van der Waals surface area contributed by atoms with Crippen LogP contribution in [0.25, 0.3) is 0 Å². The van der Waals surface area contributed by atoms with Gasteiger partial charge >= 0.3 is 6.01 Å². The summed E-state index contributed by atoms with van der Waals surface area (Å²) in [6, 6.07) is 9.28. The fourth-order valence-corrected chi connectivity index (χ4v) is 1.75. The first-order valence-electron chi connectivity index (χ1n) is 6.09. The van der Waals surface area contributed by atoms with Crippen LogP contribution in [0.5, 0.6) is 0 Å². The number of anilines is 1. The van der Waals surface area contributed by atoms with Crippen LogP contribution in [0.4, 0.5) is 6.01 Å². The maximum Gasteiger partial charge on any atom is 0.302 e. The van der Waals surface area contributed by atoms with Gasteiger partial charge in [0.1, 0.15) is 5.76 Å². The second-order valence-corrected chi connectivity index (χ2v) is 3.92. The van der Waals surface area contributed by atoms with Crippen LogP contribution in [0.1, 0.15) is 35.7 Å². The SMILES string of the molecule is CCc1nc(NC(=O)c2ccccc2)oc1CC. The Bertz CT molecular complexity index is 510. The van der Waals surface area contributed by atoms with Gasteiger partial charge < -0.3 is 4.42 Å². The van der Waals surface area contributed by atoms with Crippen molar-refractivity contribution in [1.82, 2.24) is 4.98 Å². The predicted molar refractivity (Wildman–Crippen MR) is 69.7 cm³/mol. The third-order valence-corrected chi connectivity index (χ3v) is 2.69. The van der Waals surface area contributed by atoms with Crippen molar-refractivity contribution in [1.29, 1.82) is 0 Å². The first kappa shape index (κ1) is 12.4. The van der Waals surface area contributed by atoms with E-state index in [1.807, 2.05) is 32.0 Å². The smallest absolute Gasteiger partial charge is 0.302 e. The number of carbonyl (C=O) groups is 1. The molecular formula is C14H16N2O2. The molecule has 0 atom stereocenters. The van der Waals surface area contributed by atoms with Crippen molar-refractivity contribution in [3.63, 3.8) is 0 Å². The molecule has 1 amide bonds. The third kappa shape index (κ3) is 2.59. The Hall–Kier alpha value is -2.10. The van der Waals surface area contributed by atoms with E-state index < -0.39 is 0 Å². The molecule has 0 aliphatic carbocycles. The first-order valence-corrected chi connectivity index (χ1v) is 6.09. The average molecular weight is 244 g/mol. The molecule has 0 saturated carbocycles. The molecule has 0 fully saturated rings. The quantitative estimate of drug-likeness (QED) is 0.899. The second kappa shape index (κ2) is 5.49. The highest BCUT2D eigenvalue weighted by Gasteiger charge is 2.13. The zero-order valence-electron chi connectivity index (χ0n) is 10.6. The summed E-state index contributed by atoms with van der Waals surface area (Å²) in [5.74, 6) is 0.628. The lowest BCUT2D eigenvalue weighted by Crippen LogP contribution is -2.11. The number of carbonyl (C=O) groups excluding carboxylic acids is 1. The lowest BCUT2D eigenvalue weighted by atomic mass is 10.2. The van der Waals surface area contributed by atoms with Gasteiger partial charge in [-0.05, 0) is 18.6 Å². The lowest BCUT2D eigenvalue weighted by Gasteiger charge is -1.99. The van der Waals surface area contributed by atoms with Crippen LogP contribution in [0.3, 0.4) is 0 Å². The maximum atomic E-state index is 11.9. The molecule has 0 unspecified atom stereocenters. The topological polar surface area (TPSA) is 55.1 Å². The van der Waals surface area contributed by atoms with E-state index in [0.717, 1.165) is 24.3 Å². The van der Waals surface area contributed by atoms with Crippen LogP contribution in [0, 0.1) is 0 Å². The molecule has 0 spiro atoms. The van der Waals surface area contributed by atoms with Crippen molar-refractivity contribution in [2.24, 2.45) is 0 Å². The molecule has 4 nitrogen and oxygen atoms in total. The summed E-state index contributed by atoms with van der Waals surface area (Å²) in [5, 5.41) is 2.67. The molecule has 2 rings (SSSR count). The summed E-state index contributed by atoms with van der Waals surface area (Å²) in [6.45, 7) is 4.02. The van der Waals surface area contributed by atoms with Crippen LogP contribution in [-0.2, 0) is 12.8 Å². The summed E-state index contributed by atoms with van der Waals surface area (Å²) in [6.07, 6.45) is 1.57. The number of aromatic nitrogens is 1. The largest absolute Gasteiger partial charge is 0.428 e. The normalized spacial score (nSPS) is 10.3. The van der Waals surface area contributed by atoms with Gasteiger partial charge in [0.15, 0.2) is 0 Å². The number of hydrogen-bond donors (Lipinski definition) is 1. The Balaban J connectivity index is 2.14. The van der Waals surface area contributed by atoms with E-state index in [1.54, 1.807) is 12.1 Å². The van der Waals surface area contributed by atoms with Gasteiger partial charge in [-0.2, -0.15) is 4.98 Å². The van der Waals surface area contributed by atoms with Crippen molar-refractivity contribution in [2.45, 2.75) is 26.7 Å². The van der Waals surface area contributed by atoms with Crippen LogP contribution in [-0.4, -0.2) is 10.9 Å². The van der Waals surface area contributed by atoms with E-state index in [-0.39, 0.29) is 11.9 Å². The van der Waals surface area contributed by atoms with Crippen LogP contribution in [0.15, 0.2) is 34.7 Å². The molecule has 18 heavy (non-hydrogen) atoms. The highest BCUT2D eigenvalue weighted by atomic mass is 16.4. The fourth-order valence-electron chi connectivity index (χ4n) is 1.75. The highest BCUT2D eigenvalue weighted by Crippen LogP contribution is 2.17. The number of amides is 1. The molecule has 94 valence electrons. The average Bonchev–Trinajstić information content (AvgIpc) is 2.81. The zero-order chi connectivity index (χ0) is 13.0. The molecule has 0 radical (unpaired) electrons. The molecule has 0 bridgehead atoms. The first-order chi connectivity index (χ1) is 8.74. The number of oxazole rings is 1. The molecular weight excluding hydrogens is 228 g/mol. The Morgan fingerprint density at radius 3 is 2.50 bits per heavy atom. The van der Waals surface area contributed by atoms with Crippen molar-refractivity contribution in [3.05, 3.63) is 47.3 Å². The van der Waals surface area contributed by atoms with Crippen molar-refractivity contribution in [2.75, 3.05) is 5.32 Å². The summed E-state index contributed by atoms with van der Waals surface area (Å²) >= 11 is 0. The predicted octanol–water partition coefficient (Wildman–Crippen LogP) is 3.05. The van der Waals surface area contributed by atoms with Gasteiger partial charge in [0, 0.05) is 12.0 Å². The minimum absolute atomic E-state index is 0.206. The molecule has 1 aromatic carbocycles. The van der Waals surface area contributed by atoms with Crippen molar-refractivity contribution < 1.29 is 9.21 Å². The molecule has 0 aliphatic heterocycles. The Labute approximate surface area is 106 Å². The standard InChI is InChI=1S/C14H16N2O2/c1-3-11-12(4-2)18-14(15-11)16-13(17)10-8-6-5-7-9-10/h5-9H,3-4H2,1-2H3,(H,15,16,17). The Kier molecular flexibility index (Phi) is 3.77. The number of aryl methyl sites for hydroxylation is 2. The Morgan fingerprint density at radius 2 is 1.94 bits per heavy atom. The van der Waals surface area contributed by atoms with Crippen molar-refractivity contribution >= 4 is 11.9 Å². The van der Waals surface area contributed by atoms with Gasteiger partial charge in [-0.1, -0.05) is 32.0 Å². The van der Waals surface area contributed by atoms with E-state index in [4.69, 9.17) is 4.42 Å². The fraction of sp³-hybridized carbons (Fsp3) is 0.286. The van der Waals surface area contributed by atoms with Gasteiger partial charge in [0.2, 0.25) is 0 Å². The summed E-state index contributed by atoms with van der Waals surface area (Å²) in [4.78, 5) is 16.2. The highest BCUT2D eigenvalue weighted by molar-refractivity contribution is 6.03. The number of benzene rings is 1. The molecule has 2 aromatic rings. The zero-order valence-corrected chi connectivity index (χ0v) is 10.6. The summed E-state index contributed by atoms with van der Waals surface area (Å²) < 4.78 is 5.50. The van der Waals surface area contributed by atoms with E-state index in [9.17, 15) is 4.79 Å². The Morgan fingerprint density at radius 1 is 1.22 bits per heavy atom. The maximum absolute atomic E-state index is 11.9. The van der Waals surface area contributed by atoms with Gasteiger partial charge in [-0.15, -0.1) is 0 Å². The van der Waals surface area contributed by atoms with Crippen LogP contribution >= 0.6 is 0 Å². The second-order valence-electron chi connectivity index (χ2n) is 3.92. The summed E-state index contributed by atoms with van der Waals surface area (Å²) in [7, 11) is 0. The number of nitrogens with one attached hydrogen (secondary N) is 1. The number of rotatable bonds is 4. The van der Waals surface area contributed by atoms with Crippen LogP contribution in [0.2, 0.25) is 0 Å². The monoisotopic (exact) mass is 244 g/mol. The lowest BCUT2D eigenvalue weighted by molar-refractivity contribution is 0.102. The molecule has 0 aliphatic rings. The molecule has 4 heteroatoms. The van der Waals surface area contributed by atoms with Gasteiger partial charge in [0.05, 0.1) is 5.69 Å². The minimum Gasteiger partial charge on any atom is -0.428 e. The van der Waals surface area contributed by atoms with Crippen molar-refractivity contribution in [3.8, 4) is 0 Å². The third-order valence-electron chi connectivity index (χ3n) is 2.69. The van der Waals surface area contributed by atoms with Gasteiger partial charge in [0.25, 0.3) is 5.91 Å².